The second-order valence-corrected chi connectivity index (χ2v) is 15.0. The summed E-state index contributed by atoms with van der Waals surface area (Å²) in [5.41, 5.74) is 12.4. The highest BCUT2D eigenvalue weighted by atomic mass is 16.3. The fourth-order valence-corrected chi connectivity index (χ4v) is 8.49. The highest BCUT2D eigenvalue weighted by molar-refractivity contribution is 6.08. The predicted molar refractivity (Wildman–Crippen MR) is 245 cm³/mol. The number of hydrogen-bond donors (Lipinski definition) is 0. The molecule has 0 saturated heterocycles. The van der Waals surface area contributed by atoms with Crippen LogP contribution in [0.1, 0.15) is 0 Å². The van der Waals surface area contributed by atoms with Gasteiger partial charge in [0.1, 0.15) is 11.3 Å². The SMILES string of the molecule is c1cc(-c2ccc(-c3ccc(N(c4ccc(-c5cccc6ccccc56)cc4)c4ccc5c(ccc6ccccc65)c4)cc3)cc2)cc(-c2cc3ccccc3o2)c1. The first-order valence-electron chi connectivity index (χ1n) is 19.8. The van der Waals surface area contributed by atoms with Crippen molar-refractivity contribution in [3.8, 4) is 44.7 Å². The number of para-hydroxylation sites is 1. The summed E-state index contributed by atoms with van der Waals surface area (Å²) in [4.78, 5) is 2.36. The second-order valence-electron chi connectivity index (χ2n) is 15.0. The number of furan rings is 1. The average Bonchev–Trinajstić information content (AvgIpc) is 3.74. The Labute approximate surface area is 337 Å². The number of nitrogens with zero attached hydrogens (tertiary/aromatic N) is 1. The van der Waals surface area contributed by atoms with Crippen LogP contribution in [0, 0.1) is 0 Å². The Morgan fingerprint density at radius 2 is 0.793 bits per heavy atom. The van der Waals surface area contributed by atoms with Crippen LogP contribution in [0.5, 0.6) is 0 Å². The first kappa shape index (κ1) is 33.6. The van der Waals surface area contributed by atoms with E-state index in [9.17, 15) is 0 Å². The van der Waals surface area contributed by atoms with Crippen molar-refractivity contribution < 1.29 is 4.42 Å². The van der Waals surface area contributed by atoms with Crippen LogP contribution in [0.3, 0.4) is 0 Å². The topological polar surface area (TPSA) is 16.4 Å². The second kappa shape index (κ2) is 14.1. The Balaban J connectivity index is 0.929. The Kier molecular flexibility index (Phi) is 8.19. The van der Waals surface area contributed by atoms with Gasteiger partial charge < -0.3 is 9.32 Å². The summed E-state index contributed by atoms with van der Waals surface area (Å²) in [5, 5.41) is 8.62. The standard InChI is InChI=1S/C56H37NO/c1-4-15-51-41(9-1)12-8-17-53(51)43-27-31-49(32-28-43)57(50-33-34-54-45(36-50)24-23-42-10-2-5-16-52(42)54)48-29-25-39(26-30-48)38-19-21-40(22-20-38)44-13-7-14-46(35-44)56-37-47-11-3-6-18-55(47)58-56/h1-37H. The molecule has 0 bridgehead atoms. The van der Waals surface area contributed by atoms with E-state index in [2.05, 4.69) is 211 Å². The molecule has 0 N–H and O–H groups in total. The van der Waals surface area contributed by atoms with E-state index in [1.54, 1.807) is 0 Å². The van der Waals surface area contributed by atoms with Crippen LogP contribution in [0.25, 0.3) is 88.0 Å². The minimum absolute atomic E-state index is 0.881. The van der Waals surface area contributed by atoms with Gasteiger partial charge in [0.25, 0.3) is 0 Å². The first-order valence-corrected chi connectivity index (χ1v) is 19.8. The van der Waals surface area contributed by atoms with Gasteiger partial charge in [0.15, 0.2) is 0 Å². The Morgan fingerprint density at radius 3 is 1.53 bits per heavy atom. The van der Waals surface area contributed by atoms with E-state index in [1.807, 2.05) is 18.2 Å². The molecule has 0 atom stereocenters. The summed E-state index contributed by atoms with van der Waals surface area (Å²) in [6, 6.07) is 80.7. The van der Waals surface area contributed by atoms with Crippen LogP contribution < -0.4 is 4.90 Å². The number of anilines is 3. The third-order valence-electron chi connectivity index (χ3n) is 11.5. The van der Waals surface area contributed by atoms with Gasteiger partial charge in [-0.2, -0.15) is 0 Å². The lowest BCUT2D eigenvalue weighted by molar-refractivity contribution is 0.631. The third kappa shape index (κ3) is 6.09. The summed E-state index contributed by atoms with van der Waals surface area (Å²) >= 11 is 0. The zero-order chi connectivity index (χ0) is 38.4. The van der Waals surface area contributed by atoms with Gasteiger partial charge in [0.05, 0.1) is 0 Å². The zero-order valence-electron chi connectivity index (χ0n) is 31.7. The van der Waals surface area contributed by atoms with E-state index < -0.39 is 0 Å². The molecule has 2 heteroatoms. The van der Waals surface area contributed by atoms with Gasteiger partial charge in [-0.3, -0.25) is 0 Å². The van der Waals surface area contributed by atoms with Crippen LogP contribution in [0.2, 0.25) is 0 Å². The van der Waals surface area contributed by atoms with Crippen molar-refractivity contribution in [3.05, 3.63) is 224 Å². The van der Waals surface area contributed by atoms with Crippen molar-refractivity contribution in [2.45, 2.75) is 0 Å². The lowest BCUT2D eigenvalue weighted by Crippen LogP contribution is -2.09. The van der Waals surface area contributed by atoms with Crippen molar-refractivity contribution in [1.82, 2.24) is 0 Å². The fraction of sp³-hybridized carbons (Fsp3) is 0. The first-order chi connectivity index (χ1) is 28.7. The lowest BCUT2D eigenvalue weighted by Gasteiger charge is -2.26. The normalized spacial score (nSPS) is 11.4. The van der Waals surface area contributed by atoms with Crippen LogP contribution in [0.15, 0.2) is 229 Å². The van der Waals surface area contributed by atoms with E-state index in [4.69, 9.17) is 4.42 Å². The molecule has 0 saturated carbocycles. The molecular formula is C56H37NO. The average molecular weight is 740 g/mol. The maximum Gasteiger partial charge on any atom is 0.135 e. The minimum Gasteiger partial charge on any atom is -0.456 e. The summed E-state index contributed by atoms with van der Waals surface area (Å²) < 4.78 is 6.17. The van der Waals surface area contributed by atoms with Gasteiger partial charge in [-0.1, -0.05) is 170 Å². The van der Waals surface area contributed by atoms with Crippen LogP contribution in [-0.2, 0) is 0 Å². The number of rotatable bonds is 7. The molecule has 11 aromatic rings. The van der Waals surface area contributed by atoms with Crippen LogP contribution in [0.4, 0.5) is 17.1 Å². The molecule has 0 unspecified atom stereocenters. The number of benzene rings is 10. The highest BCUT2D eigenvalue weighted by Gasteiger charge is 2.16. The highest BCUT2D eigenvalue weighted by Crippen LogP contribution is 2.40. The molecule has 10 aromatic carbocycles. The summed E-state index contributed by atoms with van der Waals surface area (Å²) in [6.07, 6.45) is 0. The summed E-state index contributed by atoms with van der Waals surface area (Å²) in [5.74, 6) is 0.881. The molecule has 0 spiro atoms. The lowest BCUT2D eigenvalue weighted by atomic mass is 9.97. The van der Waals surface area contributed by atoms with Gasteiger partial charge >= 0.3 is 0 Å². The number of hydrogen-bond acceptors (Lipinski definition) is 2. The van der Waals surface area contributed by atoms with Crippen molar-refractivity contribution in [2.24, 2.45) is 0 Å². The molecular weight excluding hydrogens is 703 g/mol. The van der Waals surface area contributed by atoms with Crippen LogP contribution >= 0.6 is 0 Å². The van der Waals surface area contributed by atoms with Gasteiger partial charge in [0, 0.05) is 28.0 Å². The monoisotopic (exact) mass is 739 g/mol. The van der Waals surface area contributed by atoms with Crippen molar-refractivity contribution >= 4 is 60.3 Å². The van der Waals surface area contributed by atoms with E-state index >= 15 is 0 Å². The van der Waals surface area contributed by atoms with Gasteiger partial charge in [-0.15, -0.1) is 0 Å². The molecule has 0 radical (unpaired) electrons. The van der Waals surface area contributed by atoms with Crippen LogP contribution in [-0.4, -0.2) is 0 Å². The molecule has 1 aromatic heterocycles. The quantitative estimate of drug-likeness (QED) is 0.151. The minimum atomic E-state index is 0.881. The summed E-state index contributed by atoms with van der Waals surface area (Å²) in [6.45, 7) is 0. The Hall–Kier alpha value is -7.68. The van der Waals surface area contributed by atoms with Crippen molar-refractivity contribution in [1.29, 1.82) is 0 Å². The largest absolute Gasteiger partial charge is 0.456 e. The maximum atomic E-state index is 6.17. The smallest absolute Gasteiger partial charge is 0.135 e. The Morgan fingerprint density at radius 1 is 0.276 bits per heavy atom. The molecule has 272 valence electrons. The van der Waals surface area contributed by atoms with E-state index in [0.29, 0.717) is 0 Å². The van der Waals surface area contributed by atoms with Gasteiger partial charge in [0.2, 0.25) is 0 Å². The van der Waals surface area contributed by atoms with Gasteiger partial charge in [-0.05, 0) is 120 Å². The van der Waals surface area contributed by atoms with Gasteiger partial charge in [-0.25, -0.2) is 0 Å². The molecule has 1 heterocycles. The van der Waals surface area contributed by atoms with E-state index in [0.717, 1.165) is 44.9 Å². The molecule has 58 heavy (non-hydrogen) atoms. The molecule has 11 rings (SSSR count). The zero-order valence-corrected chi connectivity index (χ0v) is 31.7. The molecule has 0 aliphatic rings. The third-order valence-corrected chi connectivity index (χ3v) is 11.5. The maximum absolute atomic E-state index is 6.17. The molecule has 0 aliphatic carbocycles. The molecule has 0 aliphatic heterocycles. The van der Waals surface area contributed by atoms with E-state index in [1.165, 1.54) is 60.1 Å². The fourth-order valence-electron chi connectivity index (χ4n) is 8.49. The van der Waals surface area contributed by atoms with E-state index in [-0.39, 0.29) is 0 Å². The molecule has 2 nitrogen and oxygen atoms in total. The van der Waals surface area contributed by atoms with Crippen molar-refractivity contribution in [2.75, 3.05) is 4.90 Å². The number of fused-ring (bicyclic) bond motifs is 5. The Bertz CT molecular complexity index is 3230. The van der Waals surface area contributed by atoms with Crippen molar-refractivity contribution in [3.63, 3.8) is 0 Å². The molecule has 0 fully saturated rings. The summed E-state index contributed by atoms with van der Waals surface area (Å²) in [7, 11) is 0. The predicted octanol–water partition coefficient (Wildman–Crippen LogP) is 16.0. The molecule has 0 amide bonds.